The summed E-state index contributed by atoms with van der Waals surface area (Å²) >= 11 is 0. The van der Waals surface area contributed by atoms with Crippen molar-refractivity contribution in [2.45, 2.75) is 77.7 Å². The van der Waals surface area contributed by atoms with Crippen molar-refractivity contribution in [3.63, 3.8) is 0 Å². The van der Waals surface area contributed by atoms with Crippen LogP contribution in [0.25, 0.3) is 0 Å². The zero-order chi connectivity index (χ0) is 20.8. The number of aliphatic hydroxyl groups is 1. The Labute approximate surface area is 168 Å². The minimum absolute atomic E-state index is 0.0297. The maximum absolute atomic E-state index is 11.9. The van der Waals surface area contributed by atoms with Crippen LogP contribution in [0.4, 0.5) is 0 Å². The third kappa shape index (κ3) is 6.55. The summed E-state index contributed by atoms with van der Waals surface area (Å²) in [5, 5.41) is 10.6. The lowest BCUT2D eigenvalue weighted by Gasteiger charge is -2.42. The molecule has 0 amide bonds. The van der Waals surface area contributed by atoms with Crippen LogP contribution in [0, 0.1) is 5.41 Å². The molecule has 1 aromatic rings. The Morgan fingerprint density at radius 3 is 2.54 bits per heavy atom. The molecule has 1 saturated heterocycles. The first-order valence-electron chi connectivity index (χ1n) is 9.88. The Morgan fingerprint density at radius 2 is 1.89 bits per heavy atom. The molecule has 1 fully saturated rings. The lowest BCUT2D eigenvalue weighted by atomic mass is 9.82. The number of carbonyl (C=O) groups is 1. The van der Waals surface area contributed by atoms with Gasteiger partial charge in [-0.05, 0) is 39.7 Å². The van der Waals surface area contributed by atoms with Gasteiger partial charge in [0.15, 0.2) is 5.79 Å². The van der Waals surface area contributed by atoms with Crippen molar-refractivity contribution >= 4 is 5.97 Å². The molecule has 0 unspecified atom stereocenters. The van der Waals surface area contributed by atoms with Gasteiger partial charge in [0.25, 0.3) is 0 Å². The van der Waals surface area contributed by atoms with Gasteiger partial charge in [0.05, 0.1) is 37.4 Å². The molecule has 6 nitrogen and oxygen atoms in total. The predicted octanol–water partition coefficient (Wildman–Crippen LogP) is 3.45. The number of carbonyl (C=O) groups excluding carboxylic acids is 1. The minimum atomic E-state index is -0.991. The van der Waals surface area contributed by atoms with E-state index in [1.807, 2.05) is 44.2 Å². The monoisotopic (exact) mass is 394 g/mol. The largest absolute Gasteiger partial charge is 0.469 e. The van der Waals surface area contributed by atoms with Gasteiger partial charge in [-0.3, -0.25) is 4.79 Å². The average Bonchev–Trinajstić information content (AvgIpc) is 2.64. The number of ether oxygens (including phenoxy) is 4. The van der Waals surface area contributed by atoms with Crippen molar-refractivity contribution in [1.29, 1.82) is 0 Å². The number of benzene rings is 1. The lowest BCUT2D eigenvalue weighted by molar-refractivity contribution is -0.305. The minimum Gasteiger partial charge on any atom is -0.469 e. The molecular formula is C22H34O6. The standard InChI is InChI=1S/C22H34O6/c1-21(2,20(24)25-5)19(23)14-18-13-17(27-22(3,4)28-18)11-12-26-15-16-9-7-6-8-10-16/h6-10,17-19,23H,11-15H2,1-5H3/t17-,18+,19+/m0/s1. The van der Waals surface area contributed by atoms with Crippen molar-refractivity contribution in [3.05, 3.63) is 35.9 Å². The first-order chi connectivity index (χ1) is 13.1. The van der Waals surface area contributed by atoms with Gasteiger partial charge in [0.1, 0.15) is 0 Å². The quantitative estimate of drug-likeness (QED) is 0.511. The Balaban J connectivity index is 1.85. The van der Waals surface area contributed by atoms with E-state index in [1.165, 1.54) is 7.11 Å². The molecule has 0 aliphatic carbocycles. The van der Waals surface area contributed by atoms with E-state index in [0.29, 0.717) is 26.1 Å². The molecule has 28 heavy (non-hydrogen) atoms. The molecule has 2 rings (SSSR count). The van der Waals surface area contributed by atoms with E-state index in [-0.39, 0.29) is 12.2 Å². The molecule has 0 saturated carbocycles. The fourth-order valence-corrected chi connectivity index (χ4v) is 3.46. The van der Waals surface area contributed by atoms with E-state index < -0.39 is 23.3 Å². The number of rotatable bonds is 9. The predicted molar refractivity (Wildman–Crippen MR) is 106 cm³/mol. The van der Waals surface area contributed by atoms with Crippen LogP contribution in [-0.2, 0) is 30.3 Å². The first kappa shape index (κ1) is 22.8. The summed E-state index contributed by atoms with van der Waals surface area (Å²) in [6.45, 7) is 8.26. The summed E-state index contributed by atoms with van der Waals surface area (Å²) in [7, 11) is 1.33. The number of hydrogen-bond acceptors (Lipinski definition) is 6. The number of hydrogen-bond donors (Lipinski definition) is 1. The summed E-state index contributed by atoms with van der Waals surface area (Å²) in [4.78, 5) is 11.9. The Kier molecular flexibility index (Phi) is 8.01. The highest BCUT2D eigenvalue weighted by Crippen LogP contribution is 2.34. The fourth-order valence-electron chi connectivity index (χ4n) is 3.46. The van der Waals surface area contributed by atoms with Crippen molar-refractivity contribution in [3.8, 4) is 0 Å². The van der Waals surface area contributed by atoms with Gasteiger partial charge in [-0.15, -0.1) is 0 Å². The van der Waals surface area contributed by atoms with Crippen molar-refractivity contribution in [2.24, 2.45) is 5.41 Å². The summed E-state index contributed by atoms with van der Waals surface area (Å²) in [5.74, 6) is -1.18. The number of methoxy groups -OCH3 is 1. The van der Waals surface area contributed by atoms with Crippen LogP contribution in [0.3, 0.4) is 0 Å². The van der Waals surface area contributed by atoms with Crippen LogP contribution in [0.15, 0.2) is 30.3 Å². The van der Waals surface area contributed by atoms with Gasteiger partial charge in [-0.25, -0.2) is 0 Å². The second kappa shape index (κ2) is 9.83. The highest BCUT2D eigenvalue weighted by Gasteiger charge is 2.42. The van der Waals surface area contributed by atoms with E-state index in [2.05, 4.69) is 0 Å². The Morgan fingerprint density at radius 1 is 1.25 bits per heavy atom. The zero-order valence-corrected chi connectivity index (χ0v) is 17.6. The average molecular weight is 395 g/mol. The van der Waals surface area contributed by atoms with Crippen molar-refractivity contribution < 1.29 is 28.8 Å². The van der Waals surface area contributed by atoms with E-state index in [9.17, 15) is 9.90 Å². The van der Waals surface area contributed by atoms with Crippen LogP contribution in [0.1, 0.15) is 52.5 Å². The Hall–Kier alpha value is -1.47. The molecule has 0 aromatic heterocycles. The third-order valence-corrected chi connectivity index (χ3v) is 5.15. The lowest BCUT2D eigenvalue weighted by Crippen LogP contribution is -2.48. The summed E-state index contributed by atoms with van der Waals surface area (Å²) in [5.41, 5.74) is 0.149. The zero-order valence-electron chi connectivity index (χ0n) is 17.6. The molecule has 3 atom stereocenters. The molecule has 0 bridgehead atoms. The maximum atomic E-state index is 11.9. The second-order valence-electron chi connectivity index (χ2n) is 8.41. The van der Waals surface area contributed by atoms with Crippen molar-refractivity contribution in [2.75, 3.05) is 13.7 Å². The molecule has 1 heterocycles. The molecule has 1 aromatic carbocycles. The van der Waals surface area contributed by atoms with E-state index in [0.717, 1.165) is 12.0 Å². The third-order valence-electron chi connectivity index (χ3n) is 5.15. The van der Waals surface area contributed by atoms with E-state index >= 15 is 0 Å². The molecule has 6 heteroatoms. The van der Waals surface area contributed by atoms with E-state index in [4.69, 9.17) is 18.9 Å². The smallest absolute Gasteiger partial charge is 0.313 e. The molecular weight excluding hydrogens is 360 g/mol. The number of aliphatic hydroxyl groups excluding tert-OH is 1. The highest BCUT2D eigenvalue weighted by atomic mass is 16.7. The van der Waals surface area contributed by atoms with Crippen LogP contribution >= 0.6 is 0 Å². The summed E-state index contributed by atoms with van der Waals surface area (Å²) in [6, 6.07) is 10.0. The maximum Gasteiger partial charge on any atom is 0.313 e. The van der Waals surface area contributed by atoms with Gasteiger partial charge in [0, 0.05) is 19.4 Å². The molecule has 1 N–H and O–H groups in total. The van der Waals surface area contributed by atoms with Crippen LogP contribution < -0.4 is 0 Å². The summed E-state index contributed by atoms with van der Waals surface area (Å²) in [6.07, 6.45) is 0.628. The van der Waals surface area contributed by atoms with Crippen LogP contribution in [0.5, 0.6) is 0 Å². The normalized spacial score (nSPS) is 23.2. The van der Waals surface area contributed by atoms with Gasteiger partial charge >= 0.3 is 5.97 Å². The fraction of sp³-hybridized carbons (Fsp3) is 0.682. The summed E-state index contributed by atoms with van der Waals surface area (Å²) < 4.78 is 22.6. The second-order valence-corrected chi connectivity index (χ2v) is 8.41. The Bertz CT molecular complexity index is 613. The first-order valence-corrected chi connectivity index (χ1v) is 9.88. The van der Waals surface area contributed by atoms with Gasteiger partial charge in [-0.1, -0.05) is 30.3 Å². The van der Waals surface area contributed by atoms with Gasteiger partial charge < -0.3 is 24.1 Å². The van der Waals surface area contributed by atoms with Crippen molar-refractivity contribution in [1.82, 2.24) is 0 Å². The molecule has 1 aliphatic heterocycles. The van der Waals surface area contributed by atoms with Gasteiger partial charge in [0.2, 0.25) is 0 Å². The number of esters is 1. The molecule has 0 spiro atoms. The van der Waals surface area contributed by atoms with E-state index in [1.54, 1.807) is 13.8 Å². The topological polar surface area (TPSA) is 74.2 Å². The molecule has 158 valence electrons. The van der Waals surface area contributed by atoms with Crippen LogP contribution in [-0.4, -0.2) is 48.9 Å². The molecule has 0 radical (unpaired) electrons. The van der Waals surface area contributed by atoms with Crippen LogP contribution in [0.2, 0.25) is 0 Å². The molecule has 1 aliphatic rings. The van der Waals surface area contributed by atoms with Gasteiger partial charge in [-0.2, -0.15) is 0 Å². The highest BCUT2D eigenvalue weighted by molar-refractivity contribution is 5.76. The SMILES string of the molecule is COC(=O)C(C)(C)[C@H](O)C[C@H]1C[C@H](CCOCc2ccccc2)OC(C)(C)O1.